The van der Waals surface area contributed by atoms with Gasteiger partial charge in [-0.25, -0.2) is 8.78 Å². The molecule has 0 radical (unpaired) electrons. The molecule has 0 aromatic carbocycles. The summed E-state index contributed by atoms with van der Waals surface area (Å²) in [7, 11) is -0.233. The maximum absolute atomic E-state index is 11.4. The fraction of sp³-hybridized carbons (Fsp3) is 1.00. The van der Waals surface area contributed by atoms with Crippen LogP contribution < -0.4 is 0 Å². The summed E-state index contributed by atoms with van der Waals surface area (Å²) < 4.78 is 22.7. The average molecular weight is 158 g/mol. The van der Waals surface area contributed by atoms with Gasteiger partial charge >= 0.3 is 0 Å². The third kappa shape index (κ3) is 6.43. The number of hydrogen-bond acceptors (Lipinski definition) is 1. The molecule has 4 heteroatoms. The first-order valence-corrected chi connectivity index (χ1v) is 4.94. The summed E-state index contributed by atoms with van der Waals surface area (Å²) in [4.78, 5) is 0. The van der Waals surface area contributed by atoms with E-state index < -0.39 is 6.43 Å². The van der Waals surface area contributed by atoms with E-state index in [2.05, 4.69) is 0 Å². The van der Waals surface area contributed by atoms with Crippen molar-refractivity contribution < 1.29 is 8.78 Å². The summed E-state index contributed by atoms with van der Waals surface area (Å²) in [5.74, 6) is 0.479. The summed E-state index contributed by atoms with van der Waals surface area (Å²) in [5, 5.41) is 0. The van der Waals surface area contributed by atoms with Crippen LogP contribution in [0.25, 0.3) is 0 Å². The van der Waals surface area contributed by atoms with E-state index in [4.69, 9.17) is 11.2 Å². The van der Waals surface area contributed by atoms with Crippen molar-refractivity contribution in [1.82, 2.24) is 0 Å². The fourth-order valence-electron chi connectivity index (χ4n) is 0.255. The van der Waals surface area contributed by atoms with Crippen molar-refractivity contribution in [3.05, 3.63) is 0 Å². The van der Waals surface area contributed by atoms with Crippen molar-refractivity contribution in [2.24, 2.45) is 0 Å². The molecule has 0 aliphatic carbocycles. The molecule has 0 fully saturated rings. The van der Waals surface area contributed by atoms with E-state index in [-0.39, 0.29) is 15.9 Å². The van der Waals surface area contributed by atoms with Crippen molar-refractivity contribution >= 4 is 20.6 Å². The van der Waals surface area contributed by atoms with E-state index in [0.717, 1.165) is 0 Å². The highest BCUT2D eigenvalue weighted by Gasteiger charge is 2.00. The van der Waals surface area contributed by atoms with Crippen molar-refractivity contribution in [2.75, 3.05) is 12.0 Å². The Morgan fingerprint density at radius 1 is 1.62 bits per heavy atom. The Labute approximate surface area is 54.9 Å². The van der Waals surface area contributed by atoms with Gasteiger partial charge in [-0.3, -0.25) is 0 Å². The topological polar surface area (TPSA) is 0 Å². The molecule has 50 valence electrons. The van der Waals surface area contributed by atoms with Gasteiger partial charge in [0.15, 0.2) is 0 Å². The van der Waals surface area contributed by atoms with Crippen LogP contribution in [-0.2, 0) is 20.6 Å². The molecule has 0 aromatic heterocycles. The van der Waals surface area contributed by atoms with Gasteiger partial charge in [0.05, 0.1) is 0 Å². The molecule has 0 aliphatic rings. The van der Waals surface area contributed by atoms with Crippen molar-refractivity contribution in [3.8, 4) is 0 Å². The quantitative estimate of drug-likeness (QED) is 0.597. The van der Waals surface area contributed by atoms with Gasteiger partial charge in [-0.1, -0.05) is 11.2 Å². The first-order valence-electron chi connectivity index (χ1n) is 2.21. The zero-order valence-electron chi connectivity index (χ0n) is 4.56. The molecule has 1 atom stereocenters. The molecular formula is C4H8F2S2. The van der Waals surface area contributed by atoms with Crippen molar-refractivity contribution in [3.63, 3.8) is 0 Å². The Morgan fingerprint density at radius 3 is 2.25 bits per heavy atom. The third-order valence-electron chi connectivity index (χ3n) is 0.624. The van der Waals surface area contributed by atoms with Crippen LogP contribution in [0.2, 0.25) is 0 Å². The van der Waals surface area contributed by atoms with Crippen molar-refractivity contribution in [2.45, 2.75) is 12.8 Å². The Morgan fingerprint density at radius 2 is 2.12 bits per heavy atom. The lowest BCUT2D eigenvalue weighted by atomic mass is 10.5. The highest BCUT2D eigenvalue weighted by molar-refractivity contribution is 8.28. The highest BCUT2D eigenvalue weighted by atomic mass is 32.8. The number of rotatable bonds is 3. The molecule has 0 amide bonds. The molecule has 0 saturated carbocycles. The van der Waals surface area contributed by atoms with Gasteiger partial charge in [0.1, 0.15) is 0 Å². The van der Waals surface area contributed by atoms with E-state index in [1.54, 1.807) is 6.26 Å². The third-order valence-corrected chi connectivity index (χ3v) is 1.93. The van der Waals surface area contributed by atoms with Gasteiger partial charge in [0, 0.05) is 12.2 Å². The highest BCUT2D eigenvalue weighted by Crippen LogP contribution is 1.98. The van der Waals surface area contributed by atoms with E-state index in [1.165, 1.54) is 0 Å². The smallest absolute Gasteiger partial charge is 0.211 e. The van der Waals surface area contributed by atoms with Gasteiger partial charge < -0.3 is 0 Å². The zero-order valence-corrected chi connectivity index (χ0v) is 6.20. The van der Waals surface area contributed by atoms with Crippen LogP contribution >= 0.6 is 0 Å². The normalized spacial score (nSPS) is 14.5. The SMILES string of the molecule is CS(=S)CCC(F)F. The molecule has 0 saturated heterocycles. The van der Waals surface area contributed by atoms with Gasteiger partial charge in [-0.15, -0.1) is 9.45 Å². The molecular weight excluding hydrogens is 150 g/mol. The van der Waals surface area contributed by atoms with Gasteiger partial charge in [0.2, 0.25) is 6.43 Å². The number of halogens is 2. The molecule has 0 aliphatic heterocycles. The lowest BCUT2D eigenvalue weighted by molar-refractivity contribution is 0.145. The van der Waals surface area contributed by atoms with E-state index in [1.807, 2.05) is 0 Å². The number of alkyl halides is 2. The Hall–Kier alpha value is 0.430. The molecule has 1 unspecified atom stereocenters. The fourth-order valence-corrected chi connectivity index (χ4v) is 1.05. The van der Waals surface area contributed by atoms with E-state index in [9.17, 15) is 8.78 Å². The molecule has 0 heterocycles. The van der Waals surface area contributed by atoms with Gasteiger partial charge in [0.25, 0.3) is 0 Å². The van der Waals surface area contributed by atoms with Crippen LogP contribution in [0.15, 0.2) is 0 Å². The van der Waals surface area contributed by atoms with Crippen LogP contribution in [0, 0.1) is 0 Å². The average Bonchev–Trinajstić information content (AvgIpc) is 1.61. The summed E-state index contributed by atoms with van der Waals surface area (Å²) in [6, 6.07) is 0. The van der Waals surface area contributed by atoms with Crippen LogP contribution in [0.1, 0.15) is 6.42 Å². The minimum atomic E-state index is -2.17. The van der Waals surface area contributed by atoms with Gasteiger partial charge in [-0.05, 0) is 6.26 Å². The van der Waals surface area contributed by atoms with E-state index in [0.29, 0.717) is 5.75 Å². The standard InChI is InChI=1S/C4H8F2S2/c1-8(7)3-2-4(5)6/h4H,2-3H2,1H3. The first-order chi connectivity index (χ1) is 3.63. The largest absolute Gasteiger partial charge is 0.239 e. The van der Waals surface area contributed by atoms with Gasteiger partial charge in [-0.2, -0.15) is 0 Å². The van der Waals surface area contributed by atoms with Crippen LogP contribution in [0.4, 0.5) is 8.78 Å². The van der Waals surface area contributed by atoms with Crippen LogP contribution in [0.5, 0.6) is 0 Å². The second kappa shape index (κ2) is 4.32. The molecule has 0 N–H and O–H groups in total. The number of hydrogen-bond donors (Lipinski definition) is 0. The predicted octanol–water partition coefficient (Wildman–Crippen LogP) is 1.35. The summed E-state index contributed by atoms with van der Waals surface area (Å²) >= 11 is 4.69. The maximum atomic E-state index is 11.4. The van der Waals surface area contributed by atoms with Crippen LogP contribution in [0.3, 0.4) is 0 Å². The van der Waals surface area contributed by atoms with E-state index >= 15 is 0 Å². The van der Waals surface area contributed by atoms with Crippen molar-refractivity contribution in [1.29, 1.82) is 0 Å². The monoisotopic (exact) mass is 158 g/mol. The predicted molar refractivity (Wildman–Crippen MR) is 36.1 cm³/mol. The summed E-state index contributed by atoms with van der Waals surface area (Å²) in [5.41, 5.74) is 0. The summed E-state index contributed by atoms with van der Waals surface area (Å²) in [6.07, 6.45) is -0.422. The molecule has 0 rings (SSSR count). The minimum Gasteiger partial charge on any atom is -0.211 e. The minimum absolute atomic E-state index is 0.0386. The maximum Gasteiger partial charge on any atom is 0.239 e. The molecule has 0 aromatic rings. The zero-order chi connectivity index (χ0) is 6.57. The molecule has 0 spiro atoms. The lowest BCUT2D eigenvalue weighted by Gasteiger charge is -1.95. The Balaban J connectivity index is 3.05. The Bertz CT molecular complexity index is 82.1. The molecule has 0 nitrogen and oxygen atoms in total. The summed E-state index contributed by atoms with van der Waals surface area (Å²) in [6.45, 7) is 0. The second-order valence-electron chi connectivity index (χ2n) is 1.46. The Kier molecular flexibility index (Phi) is 4.56. The second-order valence-corrected chi connectivity index (χ2v) is 4.72. The first kappa shape index (κ1) is 8.43. The molecule has 0 bridgehead atoms. The molecule has 8 heavy (non-hydrogen) atoms. The lowest BCUT2D eigenvalue weighted by Crippen LogP contribution is -1.99. The van der Waals surface area contributed by atoms with Crippen LogP contribution in [-0.4, -0.2) is 18.4 Å².